The van der Waals surface area contributed by atoms with E-state index < -0.39 is 15.6 Å². The Hall–Kier alpha value is -2.20. The molecule has 1 aliphatic heterocycles. The number of likely N-dealkylation sites (tertiary alicyclic amines) is 1. The molecule has 1 aromatic carbocycles. The molecule has 31 heavy (non-hydrogen) atoms. The van der Waals surface area contributed by atoms with E-state index in [1.54, 1.807) is 32.2 Å². The quantitative estimate of drug-likeness (QED) is 0.649. The number of nitriles is 1. The fourth-order valence-electron chi connectivity index (χ4n) is 4.85. The van der Waals surface area contributed by atoms with Crippen LogP contribution in [0.5, 0.6) is 0 Å². The van der Waals surface area contributed by atoms with Crippen molar-refractivity contribution in [1.82, 2.24) is 4.90 Å². The molecule has 1 aliphatic carbocycles. The molecule has 7 heteroatoms. The molecule has 1 heterocycles. The summed E-state index contributed by atoms with van der Waals surface area (Å²) in [5, 5.41) is 9.01. The molecule has 6 nitrogen and oxygen atoms in total. The number of rotatable bonds is 3. The van der Waals surface area contributed by atoms with Crippen LogP contribution in [-0.4, -0.2) is 45.5 Å². The number of amides is 2. The predicted molar refractivity (Wildman–Crippen MR) is 122 cm³/mol. The van der Waals surface area contributed by atoms with E-state index in [4.69, 9.17) is 0 Å². The van der Waals surface area contributed by atoms with Crippen LogP contribution < -0.4 is 0 Å². The van der Waals surface area contributed by atoms with E-state index in [9.17, 15) is 19.1 Å². The van der Waals surface area contributed by atoms with Crippen LogP contribution in [0.4, 0.5) is 0 Å². The van der Waals surface area contributed by atoms with Crippen LogP contribution in [0.2, 0.25) is 0 Å². The molecule has 0 spiro atoms. The maximum atomic E-state index is 13.3. The summed E-state index contributed by atoms with van der Waals surface area (Å²) in [6, 6.07) is 5.42. The van der Waals surface area contributed by atoms with Crippen molar-refractivity contribution < 1.29 is 13.8 Å². The largest absolute Gasteiger partial charge is 0.342 e. The second-order valence-electron chi connectivity index (χ2n) is 9.07. The van der Waals surface area contributed by atoms with Gasteiger partial charge in [0.05, 0.1) is 21.4 Å². The minimum atomic E-state index is -2.73. The van der Waals surface area contributed by atoms with E-state index in [0.717, 1.165) is 25.7 Å². The molecule has 3 rings (SSSR count). The lowest BCUT2D eigenvalue weighted by atomic mass is 9.97. The Bertz CT molecular complexity index is 978. The van der Waals surface area contributed by atoms with Gasteiger partial charge in [0.15, 0.2) is 0 Å². The highest BCUT2D eigenvalue weighted by atomic mass is 32.2. The molecule has 1 unspecified atom stereocenters. The SMILES string of the molecule is Cc1cc(C(=O)N=S(C)(=O)C2CCN(C(=O)C3CCCCCC3)CC2)cc(C)c1C#N. The van der Waals surface area contributed by atoms with Crippen molar-refractivity contribution in [2.24, 2.45) is 10.3 Å². The number of benzene rings is 1. The number of hydrogen-bond donors (Lipinski definition) is 0. The molecule has 1 saturated heterocycles. The maximum Gasteiger partial charge on any atom is 0.285 e. The van der Waals surface area contributed by atoms with Gasteiger partial charge in [0.2, 0.25) is 5.91 Å². The van der Waals surface area contributed by atoms with Gasteiger partial charge in [-0.2, -0.15) is 9.62 Å². The summed E-state index contributed by atoms with van der Waals surface area (Å²) in [6.45, 7) is 4.74. The summed E-state index contributed by atoms with van der Waals surface area (Å²) in [5.41, 5.74) is 2.35. The minimum Gasteiger partial charge on any atom is -0.342 e. The summed E-state index contributed by atoms with van der Waals surface area (Å²) < 4.78 is 17.4. The predicted octanol–water partition coefficient (Wildman–Crippen LogP) is 4.37. The van der Waals surface area contributed by atoms with Crippen molar-refractivity contribution in [1.29, 1.82) is 5.26 Å². The van der Waals surface area contributed by atoms with Crippen molar-refractivity contribution in [2.45, 2.75) is 70.5 Å². The number of carbonyl (C=O) groups is 2. The third-order valence-corrected chi connectivity index (χ3v) is 8.97. The molecule has 0 aromatic heterocycles. The van der Waals surface area contributed by atoms with Gasteiger partial charge in [-0.15, -0.1) is 0 Å². The standard InChI is InChI=1S/C24H33N3O3S/c1-17-14-20(15-18(2)22(17)16-25)23(28)26-31(3,30)21-10-12-27(13-11-21)24(29)19-8-6-4-5-7-9-19/h14-15,19,21H,4-13H2,1-3H3. The molecule has 1 aromatic rings. The van der Waals surface area contributed by atoms with E-state index in [1.807, 2.05) is 4.90 Å². The third-order valence-electron chi connectivity index (χ3n) is 6.73. The van der Waals surface area contributed by atoms with Crippen LogP contribution in [0.1, 0.15) is 78.4 Å². The van der Waals surface area contributed by atoms with E-state index in [2.05, 4.69) is 10.4 Å². The Morgan fingerprint density at radius 1 is 1.03 bits per heavy atom. The van der Waals surface area contributed by atoms with E-state index in [0.29, 0.717) is 48.2 Å². The first kappa shape index (κ1) is 23.5. The highest BCUT2D eigenvalue weighted by Gasteiger charge is 2.31. The second kappa shape index (κ2) is 9.95. The van der Waals surface area contributed by atoms with Gasteiger partial charge in [-0.05, 0) is 62.8 Å². The van der Waals surface area contributed by atoms with Crippen molar-refractivity contribution in [3.05, 3.63) is 34.4 Å². The summed E-state index contributed by atoms with van der Waals surface area (Å²) in [7, 11) is -2.73. The summed E-state index contributed by atoms with van der Waals surface area (Å²) in [4.78, 5) is 27.5. The zero-order valence-corrected chi connectivity index (χ0v) is 19.7. The van der Waals surface area contributed by atoms with Crippen molar-refractivity contribution in [3.63, 3.8) is 0 Å². The summed E-state index contributed by atoms with van der Waals surface area (Å²) in [5.74, 6) is -0.112. The minimum absolute atomic E-state index is 0.138. The van der Waals surface area contributed by atoms with Gasteiger partial charge in [-0.25, -0.2) is 4.21 Å². The Labute approximate surface area is 186 Å². The average Bonchev–Trinajstić information content (AvgIpc) is 3.02. The molecule has 1 saturated carbocycles. The van der Waals surface area contributed by atoms with Gasteiger partial charge in [0, 0.05) is 36.1 Å². The van der Waals surface area contributed by atoms with Crippen LogP contribution in [0.3, 0.4) is 0 Å². The van der Waals surface area contributed by atoms with Crippen molar-refractivity contribution in [2.75, 3.05) is 19.3 Å². The highest BCUT2D eigenvalue weighted by molar-refractivity contribution is 7.93. The van der Waals surface area contributed by atoms with Gasteiger partial charge in [-0.1, -0.05) is 25.7 Å². The lowest BCUT2D eigenvalue weighted by Crippen LogP contribution is -2.44. The van der Waals surface area contributed by atoms with Crippen LogP contribution in [0.25, 0.3) is 0 Å². The zero-order valence-electron chi connectivity index (χ0n) is 18.9. The fraction of sp³-hybridized carbons (Fsp3) is 0.625. The van der Waals surface area contributed by atoms with Gasteiger partial charge >= 0.3 is 0 Å². The molecular formula is C24H33N3O3S. The van der Waals surface area contributed by atoms with Crippen molar-refractivity contribution >= 4 is 21.5 Å². The van der Waals surface area contributed by atoms with E-state index in [-0.39, 0.29) is 17.1 Å². The zero-order chi connectivity index (χ0) is 22.6. The Morgan fingerprint density at radius 3 is 2.10 bits per heavy atom. The van der Waals surface area contributed by atoms with Crippen LogP contribution in [-0.2, 0) is 14.5 Å². The topological polar surface area (TPSA) is 90.6 Å². The van der Waals surface area contributed by atoms with E-state index in [1.165, 1.54) is 12.8 Å². The normalized spacial score (nSPS) is 20.4. The molecule has 0 radical (unpaired) electrons. The molecule has 0 bridgehead atoms. The number of piperidine rings is 1. The molecule has 1 atom stereocenters. The van der Waals surface area contributed by atoms with Gasteiger partial charge in [-0.3, -0.25) is 9.59 Å². The second-order valence-corrected chi connectivity index (χ2v) is 11.6. The Morgan fingerprint density at radius 2 is 1.58 bits per heavy atom. The number of nitrogens with zero attached hydrogens (tertiary/aromatic N) is 3. The lowest BCUT2D eigenvalue weighted by Gasteiger charge is -2.34. The van der Waals surface area contributed by atoms with Crippen LogP contribution >= 0.6 is 0 Å². The molecule has 2 aliphatic rings. The average molecular weight is 444 g/mol. The fourth-order valence-corrected chi connectivity index (χ4v) is 6.52. The Balaban J connectivity index is 1.67. The first-order valence-corrected chi connectivity index (χ1v) is 13.3. The summed E-state index contributed by atoms with van der Waals surface area (Å²) in [6.07, 6.45) is 9.44. The van der Waals surface area contributed by atoms with Crippen LogP contribution in [0, 0.1) is 31.1 Å². The molecule has 0 N–H and O–H groups in total. The first-order chi connectivity index (χ1) is 14.7. The van der Waals surface area contributed by atoms with E-state index >= 15 is 0 Å². The number of hydrogen-bond acceptors (Lipinski definition) is 4. The number of aryl methyl sites for hydroxylation is 2. The van der Waals surface area contributed by atoms with Gasteiger partial charge < -0.3 is 4.90 Å². The summed E-state index contributed by atoms with van der Waals surface area (Å²) >= 11 is 0. The van der Waals surface area contributed by atoms with Gasteiger partial charge in [0.1, 0.15) is 0 Å². The molecule has 2 fully saturated rings. The first-order valence-electron chi connectivity index (χ1n) is 11.3. The maximum absolute atomic E-state index is 13.3. The lowest BCUT2D eigenvalue weighted by molar-refractivity contribution is -0.136. The number of carbonyl (C=O) groups excluding carboxylic acids is 2. The molecule has 2 amide bonds. The molecular weight excluding hydrogens is 410 g/mol. The van der Waals surface area contributed by atoms with Crippen LogP contribution in [0.15, 0.2) is 16.5 Å². The Kier molecular flexibility index (Phi) is 7.53. The molecule has 168 valence electrons. The van der Waals surface area contributed by atoms with Crippen molar-refractivity contribution in [3.8, 4) is 6.07 Å². The van der Waals surface area contributed by atoms with Gasteiger partial charge in [0.25, 0.3) is 5.91 Å². The smallest absolute Gasteiger partial charge is 0.285 e. The third kappa shape index (κ3) is 5.54. The monoisotopic (exact) mass is 443 g/mol. The highest BCUT2D eigenvalue weighted by Crippen LogP contribution is 2.27.